The van der Waals surface area contributed by atoms with Crippen LogP contribution in [0.15, 0.2) is 16.6 Å². The molecule has 0 fully saturated rings. The Morgan fingerprint density at radius 1 is 1.38 bits per heavy atom. The van der Waals surface area contributed by atoms with E-state index < -0.39 is 32.4 Å². The van der Waals surface area contributed by atoms with Crippen LogP contribution in [0.5, 0.6) is 0 Å². The molecule has 0 aliphatic carbocycles. The smallest absolute Gasteiger partial charge is 0.359 e. The summed E-state index contributed by atoms with van der Waals surface area (Å²) in [5.41, 5.74) is -4.76. The molecule has 5 nitrogen and oxygen atoms in total. The van der Waals surface area contributed by atoms with Crippen molar-refractivity contribution in [3.8, 4) is 0 Å². The van der Waals surface area contributed by atoms with Gasteiger partial charge in [0.1, 0.15) is 0 Å². The Morgan fingerprint density at radius 3 is 2.29 bits per heavy atom. The summed E-state index contributed by atoms with van der Waals surface area (Å²) in [4.78, 5) is 0. The second-order valence-electron chi connectivity index (χ2n) is 4.47. The second-order valence-corrected chi connectivity index (χ2v) is 7.71. The molecule has 0 radical (unpaired) electrons. The molecule has 24 heavy (non-hydrogen) atoms. The molecule has 1 aromatic carbocycles. The summed E-state index contributed by atoms with van der Waals surface area (Å²) >= 11 is 15.2. The first kappa shape index (κ1) is 22.2. The Morgan fingerprint density at radius 2 is 1.92 bits per heavy atom. The van der Waals surface area contributed by atoms with Crippen molar-refractivity contribution in [2.24, 2.45) is 0 Å². The van der Waals surface area contributed by atoms with E-state index in [-0.39, 0.29) is 22.3 Å². The molecule has 2 unspecified atom stereocenters. The number of aliphatic hydroxyl groups is 1. The summed E-state index contributed by atoms with van der Waals surface area (Å²) in [5.74, 6) is 0. The molecule has 0 amide bonds. The highest BCUT2D eigenvalue weighted by atomic mass is 79.9. The quantitative estimate of drug-likeness (QED) is 0.445. The van der Waals surface area contributed by atoms with Gasteiger partial charge in [-0.3, -0.25) is 4.21 Å². The van der Waals surface area contributed by atoms with Crippen molar-refractivity contribution < 1.29 is 31.8 Å². The van der Waals surface area contributed by atoms with Gasteiger partial charge in [0, 0.05) is 28.4 Å². The van der Waals surface area contributed by atoms with Crippen molar-refractivity contribution in [1.29, 1.82) is 0 Å². The number of nitrogens with one attached hydrogen (secondary N) is 1. The van der Waals surface area contributed by atoms with Gasteiger partial charge in [-0.15, -0.1) is 0 Å². The van der Waals surface area contributed by atoms with Crippen LogP contribution in [-0.4, -0.2) is 30.9 Å². The minimum atomic E-state index is -4.61. The third kappa shape index (κ3) is 4.47. The van der Waals surface area contributed by atoms with Gasteiger partial charge in [0.05, 0.1) is 12.3 Å². The largest absolute Gasteiger partial charge is 0.755 e. The minimum Gasteiger partial charge on any atom is -0.755 e. The van der Waals surface area contributed by atoms with Gasteiger partial charge in [0.15, 0.2) is 0 Å². The van der Waals surface area contributed by atoms with Crippen LogP contribution in [0.2, 0.25) is 0 Å². The van der Waals surface area contributed by atoms with Gasteiger partial charge in [-0.25, -0.2) is 4.39 Å². The first-order valence-corrected chi connectivity index (χ1v) is 8.79. The lowest BCUT2D eigenvalue weighted by Gasteiger charge is -2.37. The molecule has 1 aromatic rings. The Labute approximate surface area is 161 Å². The van der Waals surface area contributed by atoms with E-state index in [1.807, 2.05) is 4.72 Å². The van der Waals surface area contributed by atoms with Crippen molar-refractivity contribution >= 4 is 67.7 Å². The number of halogens is 7. The van der Waals surface area contributed by atoms with Crippen molar-refractivity contribution in [2.45, 2.75) is 22.2 Å². The monoisotopic (exact) mass is 492 g/mol. The predicted molar refractivity (Wildman–Crippen MR) is 87.6 cm³/mol. The molecule has 0 aliphatic heterocycles. The highest BCUT2D eigenvalue weighted by Gasteiger charge is 2.66. The number of hydrogen-bond donors (Lipinski definition) is 2. The number of hydrogen-bond acceptors (Lipinski definition) is 4. The zero-order chi connectivity index (χ0) is 18.9. The molecule has 0 saturated carbocycles. The van der Waals surface area contributed by atoms with E-state index in [2.05, 4.69) is 15.9 Å². The van der Waals surface area contributed by atoms with Gasteiger partial charge in [-0.2, -0.15) is 8.78 Å². The van der Waals surface area contributed by atoms with Crippen molar-refractivity contribution in [3.63, 3.8) is 0 Å². The molecular weight excluding hydrogens is 485 g/mol. The molecule has 2 atom stereocenters. The summed E-state index contributed by atoms with van der Waals surface area (Å²) in [5, 5.41) is 5.52. The van der Waals surface area contributed by atoms with E-state index in [4.69, 9.17) is 39.5 Å². The van der Waals surface area contributed by atoms with Gasteiger partial charge in [0.25, 0.3) is 4.59 Å². The summed E-state index contributed by atoms with van der Waals surface area (Å²) in [6.45, 7) is -0.278. The van der Waals surface area contributed by atoms with E-state index in [1.54, 1.807) is 0 Å². The van der Waals surface area contributed by atoms with Gasteiger partial charge < -0.3 is 19.1 Å². The average Bonchev–Trinajstić information content (AvgIpc) is 2.38. The van der Waals surface area contributed by atoms with Gasteiger partial charge in [-0.05, 0) is 45.2 Å². The first-order valence-electron chi connectivity index (χ1n) is 5.79. The maximum atomic E-state index is 13.9. The maximum absolute atomic E-state index is 13.9. The Balaban J connectivity index is 3.67. The van der Waals surface area contributed by atoms with Crippen LogP contribution in [0, 0.1) is 0 Å². The number of ether oxygens (including phenoxy) is 1. The number of alkyl halides is 6. The van der Waals surface area contributed by atoms with Crippen LogP contribution in [0.3, 0.4) is 0 Å². The number of rotatable bonds is 7. The fourth-order valence-electron chi connectivity index (χ4n) is 1.83. The predicted octanol–water partition coefficient (Wildman–Crippen LogP) is 3.92. The van der Waals surface area contributed by atoms with Crippen LogP contribution in [0.25, 0.3) is 0 Å². The molecule has 0 heterocycles. The topological polar surface area (TPSA) is 81.6 Å². The molecule has 0 saturated heterocycles. The SMILES string of the molecule is COCc1cc(C(O)(C(F)(F)Cl)C(F)(Cl)Cl)cc(Br)c1NS(=O)[O-]. The summed E-state index contributed by atoms with van der Waals surface area (Å²) in [6.07, 6.45) is 0. The fraction of sp³-hybridized carbons (Fsp3) is 0.455. The van der Waals surface area contributed by atoms with Crippen LogP contribution in [0.4, 0.5) is 18.9 Å². The Hall–Kier alpha value is 0.190. The number of benzene rings is 1. The highest BCUT2D eigenvalue weighted by molar-refractivity contribution is 9.10. The van der Waals surface area contributed by atoms with Gasteiger partial charge in [-0.1, -0.05) is 23.2 Å². The molecule has 1 rings (SSSR count). The van der Waals surface area contributed by atoms with Crippen molar-refractivity contribution in [3.05, 3.63) is 27.7 Å². The molecule has 138 valence electrons. The zero-order valence-electron chi connectivity index (χ0n) is 11.6. The van der Waals surface area contributed by atoms with Crippen molar-refractivity contribution in [2.75, 3.05) is 11.8 Å². The van der Waals surface area contributed by atoms with E-state index in [0.29, 0.717) is 0 Å². The van der Waals surface area contributed by atoms with Crippen LogP contribution >= 0.6 is 50.7 Å². The van der Waals surface area contributed by atoms with Crippen LogP contribution in [0.1, 0.15) is 11.1 Å². The standard InChI is InChI=1S/C11H10BrCl3F3NO4S/c1-23-4-5-2-6(3-7(12)8(5)19-24(21)22)9(20,10(13,14)16)11(15,17)18/h2-3,19-20H,4H2,1H3,(H,21,22)/p-1. The highest BCUT2D eigenvalue weighted by Crippen LogP contribution is 2.54. The number of anilines is 1. The van der Waals surface area contributed by atoms with E-state index in [1.165, 1.54) is 7.11 Å². The Bertz CT molecular complexity index is 628. The van der Waals surface area contributed by atoms with Gasteiger partial charge >= 0.3 is 5.38 Å². The Kier molecular flexibility index (Phi) is 7.25. The van der Waals surface area contributed by atoms with Gasteiger partial charge in [0.2, 0.25) is 5.60 Å². The lowest BCUT2D eigenvalue weighted by Crippen LogP contribution is -2.52. The van der Waals surface area contributed by atoms with Crippen LogP contribution < -0.4 is 4.72 Å². The molecule has 0 aromatic heterocycles. The second kappa shape index (κ2) is 7.83. The zero-order valence-corrected chi connectivity index (χ0v) is 16.3. The average molecular weight is 495 g/mol. The van der Waals surface area contributed by atoms with Crippen LogP contribution in [-0.2, 0) is 28.2 Å². The fourth-order valence-corrected chi connectivity index (χ4v) is 3.76. The summed E-state index contributed by atoms with van der Waals surface area (Å²) in [6, 6.07) is 1.63. The van der Waals surface area contributed by atoms with E-state index in [0.717, 1.165) is 12.1 Å². The molecule has 0 bridgehead atoms. The third-order valence-corrected chi connectivity index (χ3v) is 4.71. The third-order valence-electron chi connectivity index (χ3n) is 2.90. The number of methoxy groups -OCH3 is 1. The van der Waals surface area contributed by atoms with Crippen molar-refractivity contribution in [1.82, 2.24) is 0 Å². The molecule has 0 spiro atoms. The maximum Gasteiger partial charge on any atom is 0.359 e. The normalized spacial score (nSPS) is 16.6. The molecular formula is C11H9BrCl3F3NO4S-. The van der Waals surface area contributed by atoms with E-state index in [9.17, 15) is 27.0 Å². The first-order chi connectivity index (χ1) is 10.8. The van der Waals surface area contributed by atoms with E-state index >= 15 is 0 Å². The summed E-state index contributed by atoms with van der Waals surface area (Å²) < 4.78 is 65.7. The lowest BCUT2D eigenvalue weighted by molar-refractivity contribution is -0.164. The summed E-state index contributed by atoms with van der Waals surface area (Å²) in [7, 11) is 1.24. The lowest BCUT2D eigenvalue weighted by atomic mass is 9.92. The molecule has 13 heteroatoms. The molecule has 0 aliphatic rings. The minimum absolute atomic E-state index is 0.0250. The molecule has 2 N–H and O–H groups in total.